The lowest BCUT2D eigenvalue weighted by atomic mass is 9.93. The summed E-state index contributed by atoms with van der Waals surface area (Å²) in [5.41, 5.74) is 2.18. The summed E-state index contributed by atoms with van der Waals surface area (Å²) in [4.78, 5) is 6.81. The second kappa shape index (κ2) is 5.48. The van der Waals surface area contributed by atoms with E-state index in [9.17, 15) is 10.2 Å². The van der Waals surface area contributed by atoms with Crippen LogP contribution in [0.3, 0.4) is 0 Å². The molecule has 2 aromatic carbocycles. The van der Waals surface area contributed by atoms with Gasteiger partial charge in [0.25, 0.3) is 0 Å². The van der Waals surface area contributed by atoms with Crippen molar-refractivity contribution < 1.29 is 10.2 Å². The van der Waals surface area contributed by atoms with Crippen LogP contribution in [0.1, 0.15) is 30.1 Å². The molecule has 0 aliphatic carbocycles. The van der Waals surface area contributed by atoms with E-state index < -0.39 is 0 Å². The Hall–Kier alpha value is -2.49. The van der Waals surface area contributed by atoms with E-state index >= 15 is 0 Å². The molecule has 0 unspecified atom stereocenters. The molecule has 1 aliphatic rings. The fourth-order valence-corrected chi connectivity index (χ4v) is 2.76. The summed E-state index contributed by atoms with van der Waals surface area (Å²) in [6.07, 6.45) is 1.88. The molecule has 2 aromatic rings. The quantitative estimate of drug-likeness (QED) is 0.908. The van der Waals surface area contributed by atoms with Gasteiger partial charge in [-0.15, -0.1) is 0 Å². The van der Waals surface area contributed by atoms with Gasteiger partial charge in [-0.05, 0) is 42.3 Å². The third-order valence-corrected chi connectivity index (χ3v) is 3.87. The zero-order chi connectivity index (χ0) is 14.8. The predicted molar refractivity (Wildman–Crippen MR) is 82.6 cm³/mol. The summed E-state index contributed by atoms with van der Waals surface area (Å²) in [5, 5.41) is 18.9. The Bertz CT molecular complexity index is 635. The van der Waals surface area contributed by atoms with Gasteiger partial charge in [-0.2, -0.15) is 0 Å². The number of phenolic OH excluding ortho intramolecular Hbond substituents is 2. The maximum Gasteiger partial charge on any atom is 0.115 e. The van der Waals surface area contributed by atoms with Gasteiger partial charge < -0.3 is 15.1 Å². The molecule has 0 saturated heterocycles. The SMILES string of the molecule is CCN1C=N[C@@H](c2ccc(O)cc2)[C@H]1c1ccc(O)cc1. The Morgan fingerprint density at radius 3 is 1.95 bits per heavy atom. The minimum Gasteiger partial charge on any atom is -0.508 e. The van der Waals surface area contributed by atoms with Crippen LogP contribution in [0.4, 0.5) is 0 Å². The van der Waals surface area contributed by atoms with Crippen LogP contribution in [0.15, 0.2) is 53.5 Å². The lowest BCUT2D eigenvalue weighted by molar-refractivity contribution is 0.330. The highest BCUT2D eigenvalue weighted by molar-refractivity contribution is 5.61. The Balaban J connectivity index is 1.97. The van der Waals surface area contributed by atoms with Crippen LogP contribution in [0.5, 0.6) is 11.5 Å². The van der Waals surface area contributed by atoms with E-state index in [-0.39, 0.29) is 23.6 Å². The van der Waals surface area contributed by atoms with E-state index in [1.165, 1.54) is 0 Å². The van der Waals surface area contributed by atoms with Gasteiger partial charge in [-0.3, -0.25) is 4.99 Å². The molecule has 21 heavy (non-hydrogen) atoms. The van der Waals surface area contributed by atoms with E-state index in [4.69, 9.17) is 0 Å². The molecular formula is C17H18N2O2. The zero-order valence-electron chi connectivity index (χ0n) is 11.8. The van der Waals surface area contributed by atoms with Crippen molar-refractivity contribution in [3.05, 3.63) is 59.7 Å². The minimum atomic E-state index is -0.00454. The number of rotatable bonds is 3. The Labute approximate surface area is 124 Å². The van der Waals surface area contributed by atoms with E-state index in [1.807, 2.05) is 30.6 Å². The molecule has 0 fully saturated rings. The summed E-state index contributed by atoms with van der Waals surface area (Å²) in [5.74, 6) is 0.524. The molecule has 0 spiro atoms. The standard InChI is InChI=1S/C17H18N2O2/c1-2-19-11-18-16(12-3-7-14(20)8-4-12)17(19)13-5-9-15(21)10-6-13/h3-11,16-17,20-21H,2H2,1H3/t16-,17+/m0/s1. The second-order valence-corrected chi connectivity index (χ2v) is 5.17. The fourth-order valence-electron chi connectivity index (χ4n) is 2.76. The van der Waals surface area contributed by atoms with Crippen molar-refractivity contribution in [2.75, 3.05) is 6.54 Å². The van der Waals surface area contributed by atoms with Crippen LogP contribution in [-0.2, 0) is 0 Å². The second-order valence-electron chi connectivity index (χ2n) is 5.17. The number of phenols is 2. The first-order valence-corrected chi connectivity index (χ1v) is 7.06. The zero-order valence-corrected chi connectivity index (χ0v) is 11.8. The highest BCUT2D eigenvalue weighted by Gasteiger charge is 2.32. The topological polar surface area (TPSA) is 56.1 Å². The van der Waals surface area contributed by atoms with Crippen molar-refractivity contribution in [1.82, 2.24) is 4.90 Å². The van der Waals surface area contributed by atoms with Crippen molar-refractivity contribution >= 4 is 6.34 Å². The molecule has 0 radical (unpaired) electrons. The number of aromatic hydroxyl groups is 2. The molecule has 1 aliphatic heterocycles. The average molecular weight is 282 g/mol. The van der Waals surface area contributed by atoms with Gasteiger partial charge in [0.1, 0.15) is 17.5 Å². The first-order chi connectivity index (χ1) is 10.2. The number of likely N-dealkylation sites (N-methyl/N-ethyl adjacent to an activating group) is 1. The molecule has 108 valence electrons. The third kappa shape index (κ3) is 2.57. The number of hydrogen-bond donors (Lipinski definition) is 2. The van der Waals surface area contributed by atoms with Gasteiger partial charge in [0, 0.05) is 6.54 Å². The first-order valence-electron chi connectivity index (χ1n) is 7.06. The van der Waals surface area contributed by atoms with Crippen LogP contribution in [0.2, 0.25) is 0 Å². The summed E-state index contributed by atoms with van der Waals surface area (Å²) >= 11 is 0. The van der Waals surface area contributed by atoms with E-state index in [0.717, 1.165) is 17.7 Å². The van der Waals surface area contributed by atoms with Crippen molar-refractivity contribution in [3.8, 4) is 11.5 Å². The Kier molecular flexibility index (Phi) is 3.52. The summed E-state index contributed by atoms with van der Waals surface area (Å²) < 4.78 is 0. The fraction of sp³-hybridized carbons (Fsp3) is 0.235. The normalized spacial score (nSPS) is 20.9. The summed E-state index contributed by atoms with van der Waals surface area (Å²) in [6, 6.07) is 14.6. The molecule has 2 N–H and O–H groups in total. The number of aliphatic imine (C=N–C) groups is 1. The van der Waals surface area contributed by atoms with Gasteiger partial charge in [-0.1, -0.05) is 24.3 Å². The van der Waals surface area contributed by atoms with E-state index in [1.54, 1.807) is 24.3 Å². The molecule has 0 aromatic heterocycles. The summed E-state index contributed by atoms with van der Waals surface area (Å²) in [6.45, 7) is 2.96. The molecular weight excluding hydrogens is 264 g/mol. The van der Waals surface area contributed by atoms with Crippen molar-refractivity contribution in [2.45, 2.75) is 19.0 Å². The molecule has 0 saturated carbocycles. The van der Waals surface area contributed by atoms with Crippen LogP contribution < -0.4 is 0 Å². The van der Waals surface area contributed by atoms with Crippen molar-refractivity contribution in [2.24, 2.45) is 4.99 Å². The lowest BCUT2D eigenvalue weighted by Gasteiger charge is -2.27. The molecule has 4 heteroatoms. The molecule has 2 atom stereocenters. The Morgan fingerprint density at radius 2 is 1.43 bits per heavy atom. The van der Waals surface area contributed by atoms with Crippen molar-refractivity contribution in [1.29, 1.82) is 0 Å². The van der Waals surface area contributed by atoms with Crippen LogP contribution >= 0.6 is 0 Å². The third-order valence-electron chi connectivity index (χ3n) is 3.87. The maximum atomic E-state index is 9.46. The summed E-state index contributed by atoms with van der Waals surface area (Å²) in [7, 11) is 0. The highest BCUT2D eigenvalue weighted by Crippen LogP contribution is 2.40. The van der Waals surface area contributed by atoms with Gasteiger partial charge in [0.15, 0.2) is 0 Å². The maximum absolute atomic E-state index is 9.46. The minimum absolute atomic E-state index is 0.00454. The molecule has 1 heterocycles. The van der Waals surface area contributed by atoms with Gasteiger partial charge >= 0.3 is 0 Å². The van der Waals surface area contributed by atoms with Crippen LogP contribution in [0, 0.1) is 0 Å². The van der Waals surface area contributed by atoms with E-state index in [0.29, 0.717) is 0 Å². The van der Waals surface area contributed by atoms with Gasteiger partial charge in [0.05, 0.1) is 12.4 Å². The van der Waals surface area contributed by atoms with Gasteiger partial charge in [-0.25, -0.2) is 0 Å². The Morgan fingerprint density at radius 1 is 0.905 bits per heavy atom. The predicted octanol–water partition coefficient (Wildman–Crippen LogP) is 3.24. The van der Waals surface area contributed by atoms with Crippen LogP contribution in [-0.4, -0.2) is 28.0 Å². The first kappa shape index (κ1) is 13.5. The lowest BCUT2D eigenvalue weighted by Crippen LogP contribution is -2.25. The number of benzene rings is 2. The molecule has 0 bridgehead atoms. The van der Waals surface area contributed by atoms with Crippen LogP contribution in [0.25, 0.3) is 0 Å². The highest BCUT2D eigenvalue weighted by atomic mass is 16.3. The molecule has 4 nitrogen and oxygen atoms in total. The monoisotopic (exact) mass is 282 g/mol. The largest absolute Gasteiger partial charge is 0.508 e. The average Bonchev–Trinajstić information content (AvgIpc) is 2.93. The molecule has 3 rings (SSSR count). The van der Waals surface area contributed by atoms with E-state index in [2.05, 4.69) is 16.8 Å². The van der Waals surface area contributed by atoms with Crippen molar-refractivity contribution in [3.63, 3.8) is 0 Å². The molecule has 0 amide bonds. The number of hydrogen-bond acceptors (Lipinski definition) is 4. The number of nitrogens with zero attached hydrogens (tertiary/aromatic N) is 2. The van der Waals surface area contributed by atoms with Gasteiger partial charge in [0.2, 0.25) is 0 Å². The smallest absolute Gasteiger partial charge is 0.115 e.